The topological polar surface area (TPSA) is 98.2 Å². The molecule has 1 fully saturated rings. The molecule has 2 aromatic rings. The normalized spacial score (nSPS) is 21.6. The number of benzene rings is 1. The van der Waals surface area contributed by atoms with Gasteiger partial charge in [0.25, 0.3) is 5.91 Å². The largest absolute Gasteiger partial charge is 0.454 e. The molecule has 2 aliphatic rings. The predicted octanol–water partition coefficient (Wildman–Crippen LogP) is 1.37. The summed E-state index contributed by atoms with van der Waals surface area (Å²) in [5.41, 5.74) is 0.282. The van der Waals surface area contributed by atoms with Crippen molar-refractivity contribution in [1.82, 2.24) is 20.1 Å². The summed E-state index contributed by atoms with van der Waals surface area (Å²) < 4.78 is 12.3. The van der Waals surface area contributed by atoms with Crippen molar-refractivity contribution in [3.05, 3.63) is 40.1 Å². The number of ether oxygens (including phenoxy) is 2. The van der Waals surface area contributed by atoms with E-state index in [1.807, 2.05) is 0 Å². The molecule has 2 heterocycles. The highest BCUT2D eigenvalue weighted by Gasteiger charge is 2.30. The van der Waals surface area contributed by atoms with Crippen molar-refractivity contribution in [2.24, 2.45) is 13.0 Å². The lowest BCUT2D eigenvalue weighted by atomic mass is 9.82. The van der Waals surface area contributed by atoms with Crippen LogP contribution in [-0.4, -0.2) is 33.5 Å². The molecule has 1 aliphatic carbocycles. The molecule has 8 heteroatoms. The Labute approximate surface area is 150 Å². The number of amides is 1. The van der Waals surface area contributed by atoms with Crippen LogP contribution < -0.4 is 20.5 Å². The van der Waals surface area contributed by atoms with Crippen LogP contribution in [0.1, 0.15) is 41.9 Å². The standard InChI is InChI=1S/C18H22N4O4/c1-22-15(20-21-18(22)24)9-11-5-2-3-7-13(11)19-17(23)12-6-4-8-14-16(12)26-10-25-14/h4,6,8,11,13H,2-3,5,7,9-10H2,1H3,(H,19,23)(H,21,24)/t11-,13-/m1/s1. The monoisotopic (exact) mass is 358 g/mol. The first kappa shape index (κ1) is 16.7. The summed E-state index contributed by atoms with van der Waals surface area (Å²) in [4.78, 5) is 24.4. The fourth-order valence-corrected chi connectivity index (χ4v) is 3.79. The molecule has 138 valence electrons. The first-order valence-corrected chi connectivity index (χ1v) is 8.93. The van der Waals surface area contributed by atoms with Crippen LogP contribution in [0.2, 0.25) is 0 Å². The molecule has 1 aromatic carbocycles. The average molecular weight is 358 g/mol. The van der Waals surface area contributed by atoms with Gasteiger partial charge in [0.1, 0.15) is 5.82 Å². The quantitative estimate of drug-likeness (QED) is 0.860. The third-order valence-corrected chi connectivity index (χ3v) is 5.28. The van der Waals surface area contributed by atoms with Gasteiger partial charge in [-0.25, -0.2) is 9.89 Å². The predicted molar refractivity (Wildman–Crippen MR) is 93.3 cm³/mol. The SMILES string of the molecule is Cn1c(C[C@H]2CCCC[C@H]2NC(=O)c2cccc3c2OCO3)n[nH]c1=O. The molecule has 1 amide bonds. The lowest BCUT2D eigenvalue weighted by molar-refractivity contribution is 0.0900. The Morgan fingerprint density at radius 2 is 2.19 bits per heavy atom. The number of nitrogens with one attached hydrogen (secondary N) is 2. The van der Waals surface area contributed by atoms with Crippen LogP contribution in [0.4, 0.5) is 0 Å². The zero-order valence-electron chi connectivity index (χ0n) is 14.7. The van der Waals surface area contributed by atoms with Crippen LogP contribution in [-0.2, 0) is 13.5 Å². The minimum Gasteiger partial charge on any atom is -0.454 e. The minimum absolute atomic E-state index is 0.0428. The average Bonchev–Trinajstić information content (AvgIpc) is 3.25. The lowest BCUT2D eigenvalue weighted by Gasteiger charge is -2.32. The summed E-state index contributed by atoms with van der Waals surface area (Å²) in [5, 5.41) is 9.74. The fraction of sp³-hybridized carbons (Fsp3) is 0.500. The number of rotatable bonds is 4. The third kappa shape index (κ3) is 3.07. The van der Waals surface area contributed by atoms with E-state index >= 15 is 0 Å². The molecule has 2 N–H and O–H groups in total. The van der Waals surface area contributed by atoms with Crippen molar-refractivity contribution >= 4 is 5.91 Å². The number of aromatic nitrogens is 3. The molecule has 1 saturated carbocycles. The number of nitrogens with zero attached hydrogens (tertiary/aromatic N) is 2. The van der Waals surface area contributed by atoms with Crippen molar-refractivity contribution in [3.63, 3.8) is 0 Å². The van der Waals surface area contributed by atoms with Crippen LogP contribution in [0.25, 0.3) is 0 Å². The molecule has 0 bridgehead atoms. The molecule has 2 atom stereocenters. The van der Waals surface area contributed by atoms with Crippen LogP contribution in [0, 0.1) is 5.92 Å². The van der Waals surface area contributed by atoms with Gasteiger partial charge in [0.05, 0.1) is 5.56 Å². The summed E-state index contributed by atoms with van der Waals surface area (Å²) in [6, 6.07) is 5.38. The molecule has 1 aromatic heterocycles. The van der Waals surface area contributed by atoms with Crippen LogP contribution >= 0.6 is 0 Å². The molecule has 1 aliphatic heterocycles. The van der Waals surface area contributed by atoms with Gasteiger partial charge in [-0.3, -0.25) is 9.36 Å². The highest BCUT2D eigenvalue weighted by molar-refractivity contribution is 5.98. The molecule has 0 saturated heterocycles. The van der Waals surface area contributed by atoms with E-state index in [0.717, 1.165) is 31.5 Å². The van der Waals surface area contributed by atoms with E-state index in [1.54, 1.807) is 25.2 Å². The molecule has 26 heavy (non-hydrogen) atoms. The summed E-state index contributed by atoms with van der Waals surface area (Å²) in [5.74, 6) is 1.92. The van der Waals surface area contributed by atoms with Crippen LogP contribution in [0.3, 0.4) is 0 Å². The Balaban J connectivity index is 1.50. The second kappa shape index (κ2) is 6.86. The third-order valence-electron chi connectivity index (χ3n) is 5.28. The van der Waals surface area contributed by atoms with E-state index in [0.29, 0.717) is 23.5 Å². The minimum atomic E-state index is -0.214. The van der Waals surface area contributed by atoms with Crippen molar-refractivity contribution < 1.29 is 14.3 Å². The van der Waals surface area contributed by atoms with Gasteiger partial charge in [0.15, 0.2) is 11.5 Å². The lowest BCUT2D eigenvalue weighted by Crippen LogP contribution is -2.43. The number of H-pyrrole nitrogens is 1. The molecule has 0 radical (unpaired) electrons. The molecule has 4 rings (SSSR count). The number of aromatic amines is 1. The van der Waals surface area contributed by atoms with E-state index < -0.39 is 0 Å². The number of fused-ring (bicyclic) bond motifs is 1. The van der Waals surface area contributed by atoms with Gasteiger partial charge in [-0.2, -0.15) is 5.10 Å². The van der Waals surface area contributed by atoms with Gasteiger partial charge in [0, 0.05) is 19.5 Å². The number of carbonyl (C=O) groups is 1. The van der Waals surface area contributed by atoms with E-state index in [9.17, 15) is 9.59 Å². The first-order chi connectivity index (χ1) is 12.6. The maximum atomic E-state index is 12.8. The maximum absolute atomic E-state index is 12.8. The van der Waals surface area contributed by atoms with Crippen molar-refractivity contribution in [3.8, 4) is 11.5 Å². The molecule has 0 spiro atoms. The Hall–Kier alpha value is -2.77. The van der Waals surface area contributed by atoms with Crippen LogP contribution in [0.5, 0.6) is 11.5 Å². The second-order valence-electron chi connectivity index (χ2n) is 6.87. The smallest absolute Gasteiger partial charge is 0.343 e. The summed E-state index contributed by atoms with van der Waals surface area (Å²) in [6.07, 6.45) is 4.77. The van der Waals surface area contributed by atoms with Gasteiger partial charge in [-0.1, -0.05) is 18.9 Å². The van der Waals surface area contributed by atoms with Gasteiger partial charge < -0.3 is 14.8 Å². The van der Waals surface area contributed by atoms with E-state index in [1.165, 1.54) is 4.57 Å². The highest BCUT2D eigenvalue weighted by atomic mass is 16.7. The highest BCUT2D eigenvalue weighted by Crippen LogP contribution is 2.35. The number of para-hydroxylation sites is 1. The molecule has 8 nitrogen and oxygen atoms in total. The summed E-state index contributed by atoms with van der Waals surface area (Å²) >= 11 is 0. The van der Waals surface area contributed by atoms with Crippen LogP contribution in [0.15, 0.2) is 23.0 Å². The Morgan fingerprint density at radius 3 is 3.00 bits per heavy atom. The number of hydrogen-bond acceptors (Lipinski definition) is 5. The van der Waals surface area contributed by atoms with E-state index in [-0.39, 0.29) is 30.3 Å². The van der Waals surface area contributed by atoms with Gasteiger partial charge in [-0.05, 0) is 30.9 Å². The van der Waals surface area contributed by atoms with Gasteiger partial charge >= 0.3 is 5.69 Å². The Morgan fingerprint density at radius 1 is 1.35 bits per heavy atom. The number of hydrogen-bond donors (Lipinski definition) is 2. The fourth-order valence-electron chi connectivity index (χ4n) is 3.79. The molecular formula is C18H22N4O4. The van der Waals surface area contributed by atoms with Gasteiger partial charge in [-0.15, -0.1) is 0 Å². The Bertz CT molecular complexity index is 872. The van der Waals surface area contributed by atoms with E-state index in [4.69, 9.17) is 9.47 Å². The zero-order chi connectivity index (χ0) is 18.1. The zero-order valence-corrected chi connectivity index (χ0v) is 14.7. The second-order valence-corrected chi connectivity index (χ2v) is 6.87. The van der Waals surface area contributed by atoms with E-state index in [2.05, 4.69) is 15.5 Å². The summed E-state index contributed by atoms with van der Waals surface area (Å²) in [7, 11) is 1.71. The molecular weight excluding hydrogens is 336 g/mol. The maximum Gasteiger partial charge on any atom is 0.343 e. The Kier molecular flexibility index (Phi) is 4.40. The summed E-state index contributed by atoms with van der Waals surface area (Å²) in [6.45, 7) is 0.138. The number of carbonyl (C=O) groups excluding carboxylic acids is 1. The van der Waals surface area contributed by atoms with Crippen molar-refractivity contribution in [2.45, 2.75) is 38.1 Å². The van der Waals surface area contributed by atoms with Crippen molar-refractivity contribution in [1.29, 1.82) is 0 Å². The van der Waals surface area contributed by atoms with Gasteiger partial charge in [0.2, 0.25) is 6.79 Å². The van der Waals surface area contributed by atoms with Crippen molar-refractivity contribution in [2.75, 3.05) is 6.79 Å². The first-order valence-electron chi connectivity index (χ1n) is 8.93. The molecule has 0 unspecified atom stereocenters.